The molecule has 0 unspecified atom stereocenters. The van der Waals surface area contributed by atoms with Crippen LogP contribution < -0.4 is 5.32 Å². The average molecular weight is 205 g/mol. The summed E-state index contributed by atoms with van der Waals surface area (Å²) in [6.45, 7) is 1.48. The lowest BCUT2D eigenvalue weighted by Crippen LogP contribution is -2.38. The Morgan fingerprint density at radius 3 is 2.67 bits per heavy atom. The summed E-state index contributed by atoms with van der Waals surface area (Å²) >= 11 is 0. The number of benzene rings is 1. The number of piperidine rings is 1. The molecule has 15 heavy (non-hydrogen) atoms. The summed E-state index contributed by atoms with van der Waals surface area (Å²) < 4.78 is 0. The summed E-state index contributed by atoms with van der Waals surface area (Å²) in [5, 5.41) is 12.1. The molecule has 0 radical (unpaired) electrons. The number of hydrogen-bond donors (Lipinski definition) is 2. The lowest BCUT2D eigenvalue weighted by atomic mass is 9.86. The van der Waals surface area contributed by atoms with Gasteiger partial charge in [-0.1, -0.05) is 30.3 Å². The van der Waals surface area contributed by atoms with Crippen LogP contribution >= 0.6 is 0 Å². The molecule has 0 bridgehead atoms. The summed E-state index contributed by atoms with van der Waals surface area (Å²) in [7, 11) is 0. The van der Waals surface area contributed by atoms with E-state index in [-0.39, 0.29) is 5.92 Å². The zero-order valence-electron chi connectivity index (χ0n) is 8.52. The maximum absolute atomic E-state index is 10.9. The Bertz CT molecular complexity index is 337. The number of hydrogen-bond acceptors (Lipinski definition) is 2. The molecule has 2 N–H and O–H groups in total. The van der Waals surface area contributed by atoms with E-state index >= 15 is 0 Å². The fraction of sp³-hybridized carbons (Fsp3) is 0.417. The first kappa shape index (κ1) is 10.2. The first-order valence-electron chi connectivity index (χ1n) is 5.26. The highest BCUT2D eigenvalue weighted by Crippen LogP contribution is 2.26. The molecule has 3 nitrogen and oxygen atoms in total. The lowest BCUT2D eigenvalue weighted by molar-refractivity contribution is -0.142. The fourth-order valence-corrected chi connectivity index (χ4v) is 2.11. The summed E-state index contributed by atoms with van der Waals surface area (Å²) in [4.78, 5) is 10.9. The van der Waals surface area contributed by atoms with Crippen molar-refractivity contribution in [3.8, 4) is 0 Å². The third-order valence-corrected chi connectivity index (χ3v) is 2.97. The number of nitrogens with one attached hydrogen (secondary N) is 1. The monoisotopic (exact) mass is 205 g/mol. The summed E-state index contributed by atoms with van der Waals surface area (Å²) in [5.41, 5.74) is 1.23. The van der Waals surface area contributed by atoms with Gasteiger partial charge in [0.25, 0.3) is 0 Å². The van der Waals surface area contributed by atoms with Gasteiger partial charge in [0.05, 0.1) is 5.92 Å². The van der Waals surface area contributed by atoms with E-state index in [1.165, 1.54) is 5.56 Å². The summed E-state index contributed by atoms with van der Waals surface area (Å²) in [5.74, 6) is -0.604. The van der Waals surface area contributed by atoms with E-state index in [1.54, 1.807) is 0 Å². The van der Waals surface area contributed by atoms with Crippen molar-refractivity contribution in [3.63, 3.8) is 0 Å². The normalized spacial score (nSPS) is 26.1. The second-order valence-electron chi connectivity index (χ2n) is 4.04. The molecule has 0 saturated carbocycles. The zero-order valence-corrected chi connectivity index (χ0v) is 8.52. The fourth-order valence-electron chi connectivity index (χ4n) is 2.11. The number of rotatable bonds is 2. The van der Waals surface area contributed by atoms with Crippen LogP contribution in [0.4, 0.5) is 0 Å². The molecule has 1 aliphatic rings. The molecule has 0 amide bonds. The van der Waals surface area contributed by atoms with E-state index in [0.29, 0.717) is 12.5 Å². The zero-order chi connectivity index (χ0) is 10.7. The number of carboxylic acids is 1. The van der Waals surface area contributed by atoms with Gasteiger partial charge < -0.3 is 10.4 Å². The van der Waals surface area contributed by atoms with E-state index in [2.05, 4.69) is 17.4 Å². The van der Waals surface area contributed by atoms with Crippen molar-refractivity contribution < 1.29 is 9.90 Å². The first-order chi connectivity index (χ1) is 7.27. The van der Waals surface area contributed by atoms with Crippen molar-refractivity contribution >= 4 is 5.97 Å². The van der Waals surface area contributed by atoms with E-state index < -0.39 is 5.97 Å². The molecule has 2 atom stereocenters. The lowest BCUT2D eigenvalue weighted by Gasteiger charge is -2.27. The molecule has 2 rings (SSSR count). The maximum Gasteiger partial charge on any atom is 0.307 e. The third-order valence-electron chi connectivity index (χ3n) is 2.97. The van der Waals surface area contributed by atoms with Crippen LogP contribution in [0.5, 0.6) is 0 Å². The predicted octanol–water partition coefficient (Wildman–Crippen LogP) is 1.46. The Labute approximate surface area is 89.1 Å². The molecule has 0 aromatic heterocycles. The van der Waals surface area contributed by atoms with Crippen LogP contribution in [0.25, 0.3) is 0 Å². The molecular formula is C12H15NO2. The van der Waals surface area contributed by atoms with Crippen LogP contribution in [-0.2, 0) is 4.79 Å². The van der Waals surface area contributed by atoms with Gasteiger partial charge in [0.15, 0.2) is 0 Å². The highest BCUT2D eigenvalue weighted by Gasteiger charge is 2.27. The molecule has 1 saturated heterocycles. The largest absolute Gasteiger partial charge is 0.481 e. The third kappa shape index (κ3) is 2.36. The quantitative estimate of drug-likeness (QED) is 0.768. The molecule has 1 heterocycles. The van der Waals surface area contributed by atoms with Gasteiger partial charge in [-0.3, -0.25) is 4.79 Å². The predicted molar refractivity (Wildman–Crippen MR) is 57.8 cm³/mol. The highest BCUT2D eigenvalue weighted by molar-refractivity contribution is 5.70. The standard InChI is InChI=1S/C12H15NO2/c14-12(15)11-6-10(7-13-8-11)9-4-2-1-3-5-9/h1-5,10-11,13H,6-8H2,(H,14,15)/t10-,11+/m1/s1. The molecule has 1 aromatic carbocycles. The summed E-state index contributed by atoms with van der Waals surface area (Å²) in [6, 6.07) is 10.1. The van der Waals surface area contributed by atoms with Crippen LogP contribution in [-0.4, -0.2) is 24.2 Å². The molecule has 1 aromatic rings. The topological polar surface area (TPSA) is 49.3 Å². The molecule has 0 aliphatic carbocycles. The maximum atomic E-state index is 10.9. The van der Waals surface area contributed by atoms with Crippen molar-refractivity contribution in [2.45, 2.75) is 12.3 Å². The van der Waals surface area contributed by atoms with Gasteiger partial charge in [-0.2, -0.15) is 0 Å². The molecule has 1 aliphatic heterocycles. The first-order valence-corrected chi connectivity index (χ1v) is 5.26. The smallest absolute Gasteiger partial charge is 0.307 e. The Kier molecular flexibility index (Phi) is 3.02. The molecule has 3 heteroatoms. The van der Waals surface area contributed by atoms with E-state index in [4.69, 9.17) is 5.11 Å². The minimum absolute atomic E-state index is 0.246. The van der Waals surface area contributed by atoms with E-state index in [0.717, 1.165) is 13.0 Å². The van der Waals surface area contributed by atoms with Gasteiger partial charge >= 0.3 is 5.97 Å². The van der Waals surface area contributed by atoms with Gasteiger partial charge in [-0.15, -0.1) is 0 Å². The number of carboxylic acid groups (broad SMARTS) is 1. The Balaban J connectivity index is 2.08. The second kappa shape index (κ2) is 4.45. The van der Waals surface area contributed by atoms with Gasteiger partial charge in [0.1, 0.15) is 0 Å². The molecule has 80 valence electrons. The van der Waals surface area contributed by atoms with Crippen molar-refractivity contribution in [1.82, 2.24) is 5.32 Å². The SMILES string of the molecule is O=C(O)[C@@H]1CNC[C@H](c2ccccc2)C1. The Hall–Kier alpha value is -1.35. The van der Waals surface area contributed by atoms with Gasteiger partial charge in [-0.25, -0.2) is 0 Å². The van der Waals surface area contributed by atoms with Crippen LogP contribution in [0.1, 0.15) is 17.9 Å². The van der Waals surface area contributed by atoms with Crippen LogP contribution in [0.15, 0.2) is 30.3 Å². The molecule has 1 fully saturated rings. The minimum Gasteiger partial charge on any atom is -0.481 e. The van der Waals surface area contributed by atoms with Crippen molar-refractivity contribution in [2.24, 2.45) is 5.92 Å². The summed E-state index contributed by atoms with van der Waals surface area (Å²) in [6.07, 6.45) is 0.742. The molecule has 0 spiro atoms. The minimum atomic E-state index is -0.692. The van der Waals surface area contributed by atoms with E-state index in [9.17, 15) is 4.79 Å². The number of carbonyl (C=O) groups is 1. The Morgan fingerprint density at radius 2 is 2.00 bits per heavy atom. The second-order valence-corrected chi connectivity index (χ2v) is 4.04. The van der Waals surface area contributed by atoms with Crippen molar-refractivity contribution in [2.75, 3.05) is 13.1 Å². The van der Waals surface area contributed by atoms with Gasteiger partial charge in [0.2, 0.25) is 0 Å². The van der Waals surface area contributed by atoms with Crippen LogP contribution in [0.2, 0.25) is 0 Å². The van der Waals surface area contributed by atoms with Crippen LogP contribution in [0.3, 0.4) is 0 Å². The van der Waals surface area contributed by atoms with Crippen LogP contribution in [0, 0.1) is 5.92 Å². The van der Waals surface area contributed by atoms with Crippen molar-refractivity contribution in [1.29, 1.82) is 0 Å². The average Bonchev–Trinajstić information content (AvgIpc) is 2.30. The number of aliphatic carboxylic acids is 1. The Morgan fingerprint density at radius 1 is 1.27 bits per heavy atom. The van der Waals surface area contributed by atoms with E-state index in [1.807, 2.05) is 18.2 Å². The van der Waals surface area contributed by atoms with Crippen molar-refractivity contribution in [3.05, 3.63) is 35.9 Å². The molecular weight excluding hydrogens is 190 g/mol. The van der Waals surface area contributed by atoms with Gasteiger partial charge in [0, 0.05) is 13.1 Å². The van der Waals surface area contributed by atoms with Gasteiger partial charge in [-0.05, 0) is 17.9 Å². The highest BCUT2D eigenvalue weighted by atomic mass is 16.4.